The number of carboxylic acids is 1. The molecule has 1 aliphatic rings. The number of rotatable bonds is 3. The summed E-state index contributed by atoms with van der Waals surface area (Å²) < 4.78 is 0. The van der Waals surface area contributed by atoms with Crippen molar-refractivity contribution in [1.82, 2.24) is 0 Å². The van der Waals surface area contributed by atoms with E-state index in [1.54, 1.807) is 12.1 Å². The Morgan fingerprint density at radius 1 is 1.50 bits per heavy atom. The second-order valence-electron chi connectivity index (χ2n) is 4.22. The zero-order chi connectivity index (χ0) is 11.5. The Hall–Kier alpha value is -1.51. The molecule has 0 amide bonds. The van der Waals surface area contributed by atoms with Gasteiger partial charge in [-0.25, -0.2) is 4.79 Å². The number of carbonyl (C=O) groups is 1. The number of anilines is 1. The number of para-hydroxylation sites is 1. The molecule has 1 atom stereocenters. The van der Waals surface area contributed by atoms with Crippen molar-refractivity contribution >= 4 is 11.7 Å². The summed E-state index contributed by atoms with van der Waals surface area (Å²) in [6.45, 7) is 3.13. The first-order chi connectivity index (χ1) is 7.74. The summed E-state index contributed by atoms with van der Waals surface area (Å²) in [5.41, 5.74) is 1.29. The molecule has 1 fully saturated rings. The molecule has 0 bridgehead atoms. The Balaban J connectivity index is 2.35. The van der Waals surface area contributed by atoms with E-state index in [0.717, 1.165) is 25.1 Å². The van der Waals surface area contributed by atoms with E-state index in [4.69, 9.17) is 5.11 Å². The molecule has 1 saturated heterocycles. The second-order valence-corrected chi connectivity index (χ2v) is 4.22. The van der Waals surface area contributed by atoms with Crippen LogP contribution in [0.3, 0.4) is 0 Å². The molecule has 1 aromatic rings. The third-order valence-corrected chi connectivity index (χ3v) is 3.29. The van der Waals surface area contributed by atoms with Crippen LogP contribution in [0.4, 0.5) is 5.69 Å². The molecule has 0 saturated carbocycles. The highest BCUT2D eigenvalue weighted by molar-refractivity contribution is 5.94. The van der Waals surface area contributed by atoms with Gasteiger partial charge in [0.2, 0.25) is 0 Å². The topological polar surface area (TPSA) is 40.5 Å². The van der Waals surface area contributed by atoms with Crippen molar-refractivity contribution in [2.45, 2.75) is 32.2 Å². The van der Waals surface area contributed by atoms with Crippen molar-refractivity contribution in [3.05, 3.63) is 29.8 Å². The summed E-state index contributed by atoms with van der Waals surface area (Å²) in [6, 6.07) is 7.79. The minimum Gasteiger partial charge on any atom is -0.478 e. The molecule has 1 aromatic carbocycles. The van der Waals surface area contributed by atoms with Gasteiger partial charge in [-0.15, -0.1) is 0 Å². The van der Waals surface area contributed by atoms with Gasteiger partial charge in [0.15, 0.2) is 0 Å². The largest absolute Gasteiger partial charge is 0.478 e. The lowest BCUT2D eigenvalue weighted by Crippen LogP contribution is -2.29. The van der Waals surface area contributed by atoms with Gasteiger partial charge < -0.3 is 10.0 Å². The van der Waals surface area contributed by atoms with Gasteiger partial charge in [0.05, 0.1) is 11.3 Å². The molecule has 16 heavy (non-hydrogen) atoms. The van der Waals surface area contributed by atoms with E-state index in [2.05, 4.69) is 11.8 Å². The SMILES string of the molecule is CCC1CCCN1c1ccccc1C(=O)O. The van der Waals surface area contributed by atoms with Crippen LogP contribution < -0.4 is 4.90 Å². The highest BCUT2D eigenvalue weighted by Crippen LogP contribution is 2.29. The average molecular weight is 219 g/mol. The van der Waals surface area contributed by atoms with Gasteiger partial charge in [0, 0.05) is 12.6 Å². The minimum absolute atomic E-state index is 0.419. The first-order valence-corrected chi connectivity index (χ1v) is 5.83. The third-order valence-electron chi connectivity index (χ3n) is 3.29. The van der Waals surface area contributed by atoms with Crippen molar-refractivity contribution in [3.63, 3.8) is 0 Å². The van der Waals surface area contributed by atoms with E-state index >= 15 is 0 Å². The average Bonchev–Trinajstić information content (AvgIpc) is 2.76. The van der Waals surface area contributed by atoms with Gasteiger partial charge >= 0.3 is 5.97 Å². The molecule has 2 rings (SSSR count). The number of hydrogen-bond acceptors (Lipinski definition) is 2. The van der Waals surface area contributed by atoms with E-state index < -0.39 is 5.97 Å². The van der Waals surface area contributed by atoms with E-state index in [-0.39, 0.29) is 0 Å². The quantitative estimate of drug-likeness (QED) is 0.849. The van der Waals surface area contributed by atoms with Crippen LogP contribution in [-0.2, 0) is 0 Å². The zero-order valence-electron chi connectivity index (χ0n) is 9.52. The first-order valence-electron chi connectivity index (χ1n) is 5.83. The second kappa shape index (κ2) is 4.56. The zero-order valence-corrected chi connectivity index (χ0v) is 9.52. The van der Waals surface area contributed by atoms with Gasteiger partial charge in [-0.05, 0) is 31.4 Å². The van der Waals surface area contributed by atoms with E-state index in [1.165, 1.54) is 6.42 Å². The maximum Gasteiger partial charge on any atom is 0.337 e. The fourth-order valence-corrected chi connectivity index (χ4v) is 2.48. The Kier molecular flexibility index (Phi) is 3.13. The van der Waals surface area contributed by atoms with Crippen LogP contribution >= 0.6 is 0 Å². The molecular formula is C13H17NO2. The predicted molar refractivity (Wildman–Crippen MR) is 64.1 cm³/mol. The smallest absolute Gasteiger partial charge is 0.337 e. The van der Waals surface area contributed by atoms with Crippen LogP contribution in [-0.4, -0.2) is 23.7 Å². The summed E-state index contributed by atoms with van der Waals surface area (Å²) in [5, 5.41) is 9.16. The molecule has 0 aliphatic carbocycles. The summed E-state index contributed by atoms with van der Waals surface area (Å²) in [4.78, 5) is 13.4. The highest BCUT2D eigenvalue weighted by Gasteiger charge is 2.25. The normalized spacial score (nSPS) is 20.1. The van der Waals surface area contributed by atoms with E-state index in [0.29, 0.717) is 11.6 Å². The van der Waals surface area contributed by atoms with E-state index in [9.17, 15) is 4.79 Å². The Bertz CT molecular complexity index is 389. The molecule has 3 nitrogen and oxygen atoms in total. The van der Waals surface area contributed by atoms with Crippen LogP contribution in [0.2, 0.25) is 0 Å². The van der Waals surface area contributed by atoms with Crippen molar-refractivity contribution in [2.24, 2.45) is 0 Å². The standard InChI is InChI=1S/C13H17NO2/c1-2-10-6-5-9-14(10)12-8-4-3-7-11(12)13(15)16/h3-4,7-8,10H,2,5-6,9H2,1H3,(H,15,16). The number of nitrogens with zero attached hydrogens (tertiary/aromatic N) is 1. The maximum atomic E-state index is 11.1. The van der Waals surface area contributed by atoms with Gasteiger partial charge in [-0.2, -0.15) is 0 Å². The number of aromatic carboxylic acids is 1. The molecule has 86 valence electrons. The molecule has 3 heteroatoms. The molecule has 1 aliphatic heterocycles. The molecule has 1 unspecified atom stereocenters. The highest BCUT2D eigenvalue weighted by atomic mass is 16.4. The van der Waals surface area contributed by atoms with Crippen LogP contribution in [0.5, 0.6) is 0 Å². The Morgan fingerprint density at radius 3 is 2.94 bits per heavy atom. The van der Waals surface area contributed by atoms with Crippen molar-refractivity contribution in [2.75, 3.05) is 11.4 Å². The van der Waals surface area contributed by atoms with E-state index in [1.807, 2.05) is 12.1 Å². The summed E-state index contributed by atoms with van der Waals surface area (Å²) >= 11 is 0. The fraction of sp³-hybridized carbons (Fsp3) is 0.462. The molecule has 1 heterocycles. The molecule has 0 spiro atoms. The van der Waals surface area contributed by atoms with Crippen LogP contribution in [0.25, 0.3) is 0 Å². The van der Waals surface area contributed by atoms with Crippen LogP contribution in [0.15, 0.2) is 24.3 Å². The van der Waals surface area contributed by atoms with Gasteiger partial charge in [0.25, 0.3) is 0 Å². The van der Waals surface area contributed by atoms with Gasteiger partial charge in [-0.1, -0.05) is 19.1 Å². The Morgan fingerprint density at radius 2 is 2.25 bits per heavy atom. The Labute approximate surface area is 95.7 Å². The summed E-state index contributed by atoms with van der Waals surface area (Å²) in [5.74, 6) is -0.836. The fourth-order valence-electron chi connectivity index (χ4n) is 2.48. The first kappa shape index (κ1) is 11.0. The van der Waals surface area contributed by atoms with Gasteiger partial charge in [0.1, 0.15) is 0 Å². The molecule has 0 radical (unpaired) electrons. The number of carboxylic acid groups (broad SMARTS) is 1. The number of benzene rings is 1. The van der Waals surface area contributed by atoms with Crippen molar-refractivity contribution < 1.29 is 9.90 Å². The van der Waals surface area contributed by atoms with Gasteiger partial charge in [-0.3, -0.25) is 0 Å². The lowest BCUT2D eigenvalue weighted by Gasteiger charge is -2.27. The number of hydrogen-bond donors (Lipinski definition) is 1. The van der Waals surface area contributed by atoms with Crippen LogP contribution in [0.1, 0.15) is 36.5 Å². The van der Waals surface area contributed by atoms with Crippen LogP contribution in [0, 0.1) is 0 Å². The molecule has 0 aromatic heterocycles. The van der Waals surface area contributed by atoms with Crippen molar-refractivity contribution in [1.29, 1.82) is 0 Å². The third kappa shape index (κ3) is 1.90. The van der Waals surface area contributed by atoms with Crippen molar-refractivity contribution in [3.8, 4) is 0 Å². The monoisotopic (exact) mass is 219 g/mol. The predicted octanol–water partition coefficient (Wildman–Crippen LogP) is 2.76. The molecule has 1 N–H and O–H groups in total. The summed E-state index contributed by atoms with van der Waals surface area (Å²) in [7, 11) is 0. The lowest BCUT2D eigenvalue weighted by molar-refractivity contribution is 0.0697. The minimum atomic E-state index is -0.836. The maximum absolute atomic E-state index is 11.1. The molecular weight excluding hydrogens is 202 g/mol. The summed E-state index contributed by atoms with van der Waals surface area (Å²) in [6.07, 6.45) is 3.41. The lowest BCUT2D eigenvalue weighted by atomic mass is 10.1.